The Labute approximate surface area is 114 Å². The molecule has 1 atom stereocenters. The van der Waals surface area contributed by atoms with Gasteiger partial charge in [-0.2, -0.15) is 0 Å². The van der Waals surface area contributed by atoms with Crippen LogP contribution in [0, 0.1) is 5.92 Å². The van der Waals surface area contributed by atoms with Crippen LogP contribution in [0.15, 0.2) is 18.6 Å². The predicted molar refractivity (Wildman–Crippen MR) is 73.8 cm³/mol. The van der Waals surface area contributed by atoms with Crippen LogP contribution in [0.2, 0.25) is 0 Å². The molecule has 5 nitrogen and oxygen atoms in total. The summed E-state index contributed by atoms with van der Waals surface area (Å²) >= 11 is 0. The normalized spacial score (nSPS) is 22.6. The first-order valence-corrected chi connectivity index (χ1v) is 6.73. The van der Waals surface area contributed by atoms with Crippen LogP contribution in [0.3, 0.4) is 0 Å². The highest BCUT2D eigenvalue weighted by atomic mass is 16.2. The van der Waals surface area contributed by atoms with Crippen molar-refractivity contribution in [1.29, 1.82) is 0 Å². The van der Waals surface area contributed by atoms with Gasteiger partial charge < -0.3 is 10.2 Å². The SMILES string of the molecule is CC(C)C1CNC(C)(C)CN1C(=O)c1cnccn1. The molecule has 0 spiro atoms. The van der Waals surface area contributed by atoms with Crippen molar-refractivity contribution in [3.8, 4) is 0 Å². The molecule has 104 valence electrons. The van der Waals surface area contributed by atoms with Crippen molar-refractivity contribution in [2.75, 3.05) is 13.1 Å². The maximum absolute atomic E-state index is 12.6. The van der Waals surface area contributed by atoms with E-state index in [4.69, 9.17) is 0 Å². The summed E-state index contributed by atoms with van der Waals surface area (Å²) in [6, 6.07) is 0.197. The van der Waals surface area contributed by atoms with Crippen molar-refractivity contribution in [1.82, 2.24) is 20.2 Å². The van der Waals surface area contributed by atoms with Crippen LogP contribution in [0.4, 0.5) is 0 Å². The first kappa shape index (κ1) is 13.9. The maximum Gasteiger partial charge on any atom is 0.274 e. The Balaban J connectivity index is 2.25. The van der Waals surface area contributed by atoms with Crippen molar-refractivity contribution in [2.24, 2.45) is 5.92 Å². The molecule has 0 bridgehead atoms. The number of amides is 1. The molecule has 1 unspecified atom stereocenters. The van der Waals surface area contributed by atoms with Gasteiger partial charge in [-0.3, -0.25) is 9.78 Å². The largest absolute Gasteiger partial charge is 0.331 e. The molecule has 1 saturated heterocycles. The van der Waals surface area contributed by atoms with Gasteiger partial charge in [-0.25, -0.2) is 4.98 Å². The summed E-state index contributed by atoms with van der Waals surface area (Å²) in [5.74, 6) is 0.380. The van der Waals surface area contributed by atoms with Crippen LogP contribution < -0.4 is 5.32 Å². The van der Waals surface area contributed by atoms with E-state index in [1.165, 1.54) is 6.20 Å². The first-order valence-electron chi connectivity index (χ1n) is 6.73. The van der Waals surface area contributed by atoms with Crippen molar-refractivity contribution >= 4 is 5.91 Å². The second-order valence-electron chi connectivity index (χ2n) is 6.10. The van der Waals surface area contributed by atoms with E-state index in [1.54, 1.807) is 12.4 Å². The van der Waals surface area contributed by atoms with Crippen LogP contribution >= 0.6 is 0 Å². The van der Waals surface area contributed by atoms with Gasteiger partial charge in [0.15, 0.2) is 0 Å². The molecule has 1 amide bonds. The average molecular weight is 262 g/mol. The van der Waals surface area contributed by atoms with E-state index >= 15 is 0 Å². The molecule has 0 aliphatic carbocycles. The van der Waals surface area contributed by atoms with E-state index < -0.39 is 0 Å². The van der Waals surface area contributed by atoms with Crippen molar-refractivity contribution < 1.29 is 4.79 Å². The number of hydrogen-bond acceptors (Lipinski definition) is 4. The number of carbonyl (C=O) groups is 1. The molecular formula is C14H22N4O. The fraction of sp³-hybridized carbons (Fsp3) is 0.643. The zero-order chi connectivity index (χ0) is 14.0. The van der Waals surface area contributed by atoms with Gasteiger partial charge in [0.25, 0.3) is 5.91 Å². The molecule has 5 heteroatoms. The first-order chi connectivity index (χ1) is 8.91. The van der Waals surface area contributed by atoms with Gasteiger partial charge in [0.2, 0.25) is 0 Å². The number of nitrogens with one attached hydrogen (secondary N) is 1. The third kappa shape index (κ3) is 3.10. The summed E-state index contributed by atoms with van der Waals surface area (Å²) in [6.07, 6.45) is 4.68. The Bertz CT molecular complexity index is 444. The summed E-state index contributed by atoms with van der Waals surface area (Å²) in [6.45, 7) is 10.0. The Morgan fingerprint density at radius 3 is 2.79 bits per heavy atom. The van der Waals surface area contributed by atoms with Crippen molar-refractivity contribution in [3.05, 3.63) is 24.3 Å². The fourth-order valence-corrected chi connectivity index (χ4v) is 2.46. The fourth-order valence-electron chi connectivity index (χ4n) is 2.46. The van der Waals surface area contributed by atoms with Crippen LogP contribution in [0.1, 0.15) is 38.2 Å². The van der Waals surface area contributed by atoms with Gasteiger partial charge in [0.1, 0.15) is 5.69 Å². The third-order valence-electron chi connectivity index (χ3n) is 3.57. The van der Waals surface area contributed by atoms with E-state index in [1.807, 2.05) is 4.90 Å². The van der Waals surface area contributed by atoms with E-state index in [9.17, 15) is 4.79 Å². The maximum atomic E-state index is 12.6. The smallest absolute Gasteiger partial charge is 0.274 e. The van der Waals surface area contributed by atoms with Gasteiger partial charge in [0, 0.05) is 37.1 Å². The molecular weight excluding hydrogens is 240 g/mol. The summed E-state index contributed by atoms with van der Waals surface area (Å²) in [7, 11) is 0. The Morgan fingerprint density at radius 2 is 2.21 bits per heavy atom. The average Bonchev–Trinajstić information content (AvgIpc) is 2.37. The summed E-state index contributed by atoms with van der Waals surface area (Å²) in [4.78, 5) is 22.6. The molecule has 0 aromatic carbocycles. The molecule has 1 fully saturated rings. The lowest BCUT2D eigenvalue weighted by Crippen LogP contribution is -2.64. The lowest BCUT2D eigenvalue weighted by molar-refractivity contribution is 0.0411. The molecule has 1 aromatic heterocycles. The van der Waals surface area contributed by atoms with Crippen LogP contribution in [0.5, 0.6) is 0 Å². The van der Waals surface area contributed by atoms with E-state index in [0.29, 0.717) is 18.2 Å². The Morgan fingerprint density at radius 1 is 1.47 bits per heavy atom. The van der Waals surface area contributed by atoms with Gasteiger partial charge >= 0.3 is 0 Å². The van der Waals surface area contributed by atoms with Gasteiger partial charge in [-0.1, -0.05) is 13.8 Å². The molecule has 1 N–H and O–H groups in total. The summed E-state index contributed by atoms with van der Waals surface area (Å²) in [5.41, 5.74) is 0.356. The molecule has 2 rings (SSSR count). The minimum Gasteiger partial charge on any atom is -0.331 e. The quantitative estimate of drug-likeness (QED) is 0.873. The summed E-state index contributed by atoms with van der Waals surface area (Å²) < 4.78 is 0. The highest BCUT2D eigenvalue weighted by Crippen LogP contribution is 2.21. The topological polar surface area (TPSA) is 58.1 Å². The third-order valence-corrected chi connectivity index (χ3v) is 3.57. The zero-order valence-corrected chi connectivity index (χ0v) is 12.1. The molecule has 0 radical (unpaired) electrons. The molecule has 0 saturated carbocycles. The predicted octanol–water partition coefficient (Wildman–Crippen LogP) is 1.33. The van der Waals surface area contributed by atoms with Gasteiger partial charge in [0.05, 0.1) is 6.20 Å². The van der Waals surface area contributed by atoms with E-state index in [-0.39, 0.29) is 17.5 Å². The standard InChI is InChI=1S/C14H22N4O/c1-10(2)12-8-17-14(3,4)9-18(12)13(19)11-7-15-5-6-16-11/h5-7,10,12,17H,8-9H2,1-4H3. The molecule has 1 aromatic rings. The number of carbonyl (C=O) groups excluding carboxylic acids is 1. The van der Waals surface area contributed by atoms with Crippen LogP contribution in [0.25, 0.3) is 0 Å². The van der Waals surface area contributed by atoms with E-state index in [0.717, 1.165) is 6.54 Å². The number of aromatic nitrogens is 2. The van der Waals surface area contributed by atoms with Crippen LogP contribution in [-0.4, -0.2) is 45.4 Å². The lowest BCUT2D eigenvalue weighted by Gasteiger charge is -2.46. The minimum atomic E-state index is -0.0662. The summed E-state index contributed by atoms with van der Waals surface area (Å²) in [5, 5.41) is 3.50. The van der Waals surface area contributed by atoms with Crippen molar-refractivity contribution in [2.45, 2.75) is 39.3 Å². The van der Waals surface area contributed by atoms with E-state index in [2.05, 4.69) is 43.0 Å². The number of hydrogen-bond donors (Lipinski definition) is 1. The lowest BCUT2D eigenvalue weighted by atomic mass is 9.93. The Kier molecular flexibility index (Phi) is 3.85. The highest BCUT2D eigenvalue weighted by molar-refractivity contribution is 5.92. The number of piperazine rings is 1. The number of rotatable bonds is 2. The number of nitrogens with zero attached hydrogens (tertiary/aromatic N) is 3. The highest BCUT2D eigenvalue weighted by Gasteiger charge is 2.37. The Hall–Kier alpha value is -1.49. The minimum absolute atomic E-state index is 0.0265. The molecule has 1 aliphatic rings. The second kappa shape index (κ2) is 5.25. The molecule has 2 heterocycles. The zero-order valence-electron chi connectivity index (χ0n) is 12.1. The van der Waals surface area contributed by atoms with Gasteiger partial charge in [-0.05, 0) is 19.8 Å². The molecule has 1 aliphatic heterocycles. The van der Waals surface area contributed by atoms with Crippen LogP contribution in [-0.2, 0) is 0 Å². The van der Waals surface area contributed by atoms with Crippen molar-refractivity contribution in [3.63, 3.8) is 0 Å². The second-order valence-corrected chi connectivity index (χ2v) is 6.10. The monoisotopic (exact) mass is 262 g/mol. The molecule has 19 heavy (non-hydrogen) atoms. The van der Waals surface area contributed by atoms with Gasteiger partial charge in [-0.15, -0.1) is 0 Å².